The standard InChI is InChI=1S/C15H24BrNO/c1-12(2)11-17-10-6-7-13(3)18-15-9-5-4-8-14(15)16/h4-5,8-9,12-13,17H,6-7,10-11H2,1-3H3. The molecule has 0 saturated carbocycles. The first-order chi connectivity index (χ1) is 8.59. The minimum absolute atomic E-state index is 0.254. The highest BCUT2D eigenvalue weighted by atomic mass is 79.9. The summed E-state index contributed by atoms with van der Waals surface area (Å²) >= 11 is 3.50. The number of para-hydroxylation sites is 1. The summed E-state index contributed by atoms with van der Waals surface area (Å²) in [5.74, 6) is 1.65. The van der Waals surface area contributed by atoms with E-state index in [-0.39, 0.29) is 6.10 Å². The molecule has 0 aliphatic heterocycles. The monoisotopic (exact) mass is 313 g/mol. The lowest BCUT2D eigenvalue weighted by Crippen LogP contribution is -2.22. The number of rotatable bonds is 8. The third kappa shape index (κ3) is 6.41. The Morgan fingerprint density at radius 1 is 1.22 bits per heavy atom. The van der Waals surface area contributed by atoms with Gasteiger partial charge in [-0.15, -0.1) is 0 Å². The number of halogens is 1. The Labute approximate surface area is 119 Å². The molecular weight excluding hydrogens is 290 g/mol. The van der Waals surface area contributed by atoms with Crippen LogP contribution < -0.4 is 10.1 Å². The topological polar surface area (TPSA) is 21.3 Å². The number of hydrogen-bond acceptors (Lipinski definition) is 2. The molecule has 18 heavy (non-hydrogen) atoms. The minimum atomic E-state index is 0.254. The summed E-state index contributed by atoms with van der Waals surface area (Å²) in [6.45, 7) is 8.75. The highest BCUT2D eigenvalue weighted by Gasteiger charge is 2.06. The van der Waals surface area contributed by atoms with E-state index in [0.717, 1.165) is 42.1 Å². The zero-order valence-electron chi connectivity index (χ0n) is 11.6. The van der Waals surface area contributed by atoms with Crippen LogP contribution in [0.15, 0.2) is 28.7 Å². The van der Waals surface area contributed by atoms with E-state index in [4.69, 9.17) is 4.74 Å². The van der Waals surface area contributed by atoms with Crippen molar-refractivity contribution in [3.63, 3.8) is 0 Å². The van der Waals surface area contributed by atoms with Crippen LogP contribution >= 0.6 is 15.9 Å². The second-order valence-electron chi connectivity index (χ2n) is 5.10. The Kier molecular flexibility index (Phi) is 7.36. The van der Waals surface area contributed by atoms with Gasteiger partial charge in [-0.1, -0.05) is 26.0 Å². The molecule has 3 heteroatoms. The maximum atomic E-state index is 5.90. The zero-order chi connectivity index (χ0) is 13.4. The van der Waals surface area contributed by atoms with Crippen LogP contribution in [0.25, 0.3) is 0 Å². The maximum Gasteiger partial charge on any atom is 0.133 e. The highest BCUT2D eigenvalue weighted by molar-refractivity contribution is 9.10. The molecule has 0 aromatic heterocycles. The average molecular weight is 314 g/mol. The van der Waals surface area contributed by atoms with Crippen molar-refractivity contribution in [2.24, 2.45) is 5.92 Å². The second kappa shape index (κ2) is 8.54. The number of nitrogens with one attached hydrogen (secondary N) is 1. The molecule has 1 N–H and O–H groups in total. The molecule has 0 spiro atoms. The number of ether oxygens (including phenoxy) is 1. The predicted molar refractivity (Wildman–Crippen MR) is 81.2 cm³/mol. The lowest BCUT2D eigenvalue weighted by molar-refractivity contribution is 0.206. The van der Waals surface area contributed by atoms with Crippen LogP contribution in [0.2, 0.25) is 0 Å². The van der Waals surface area contributed by atoms with Crippen molar-refractivity contribution < 1.29 is 4.74 Å². The molecule has 102 valence electrons. The zero-order valence-corrected chi connectivity index (χ0v) is 13.2. The molecule has 0 heterocycles. The molecule has 0 aliphatic carbocycles. The Bertz CT molecular complexity index is 341. The summed E-state index contributed by atoms with van der Waals surface area (Å²) in [6.07, 6.45) is 2.48. The minimum Gasteiger partial charge on any atom is -0.490 e. The molecule has 2 nitrogen and oxygen atoms in total. The van der Waals surface area contributed by atoms with E-state index in [1.165, 1.54) is 0 Å². The largest absolute Gasteiger partial charge is 0.490 e. The molecule has 0 aliphatic rings. The SMILES string of the molecule is CC(C)CNCCCC(C)Oc1ccccc1Br. The molecule has 1 aromatic rings. The Morgan fingerprint density at radius 2 is 1.94 bits per heavy atom. The fourth-order valence-corrected chi connectivity index (χ4v) is 2.10. The predicted octanol–water partition coefficient (Wildman–Crippen LogP) is 4.24. The van der Waals surface area contributed by atoms with Gasteiger partial charge in [0.1, 0.15) is 5.75 Å². The maximum absolute atomic E-state index is 5.90. The molecule has 1 unspecified atom stereocenters. The van der Waals surface area contributed by atoms with Gasteiger partial charge in [0.05, 0.1) is 10.6 Å². The van der Waals surface area contributed by atoms with Crippen molar-refractivity contribution >= 4 is 15.9 Å². The molecule has 0 saturated heterocycles. The lowest BCUT2D eigenvalue weighted by Gasteiger charge is -2.16. The third-order valence-electron chi connectivity index (χ3n) is 2.68. The quantitative estimate of drug-likeness (QED) is 0.725. The Balaban J connectivity index is 2.18. The van der Waals surface area contributed by atoms with E-state index in [1.807, 2.05) is 24.3 Å². The summed E-state index contributed by atoms with van der Waals surface area (Å²) in [6, 6.07) is 8.00. The molecule has 0 bridgehead atoms. The fraction of sp³-hybridized carbons (Fsp3) is 0.600. The van der Waals surface area contributed by atoms with Crippen LogP contribution in [0.3, 0.4) is 0 Å². The summed E-state index contributed by atoms with van der Waals surface area (Å²) < 4.78 is 6.92. The molecule has 0 fully saturated rings. The van der Waals surface area contributed by atoms with Crippen LogP contribution in [0, 0.1) is 5.92 Å². The average Bonchev–Trinajstić information content (AvgIpc) is 2.31. The van der Waals surface area contributed by atoms with Crippen LogP contribution in [-0.4, -0.2) is 19.2 Å². The van der Waals surface area contributed by atoms with E-state index in [2.05, 4.69) is 42.0 Å². The van der Waals surface area contributed by atoms with Crippen molar-refractivity contribution in [1.29, 1.82) is 0 Å². The molecule has 0 amide bonds. The van der Waals surface area contributed by atoms with Crippen LogP contribution in [0.4, 0.5) is 0 Å². The molecule has 1 atom stereocenters. The molecular formula is C15H24BrNO. The smallest absolute Gasteiger partial charge is 0.133 e. The number of hydrogen-bond donors (Lipinski definition) is 1. The normalized spacial score (nSPS) is 12.7. The van der Waals surface area contributed by atoms with Gasteiger partial charge in [0.25, 0.3) is 0 Å². The van der Waals surface area contributed by atoms with Crippen LogP contribution in [-0.2, 0) is 0 Å². The summed E-state index contributed by atoms with van der Waals surface area (Å²) in [7, 11) is 0. The number of benzene rings is 1. The van der Waals surface area contributed by atoms with Gasteiger partial charge in [-0.2, -0.15) is 0 Å². The molecule has 1 rings (SSSR count). The van der Waals surface area contributed by atoms with E-state index >= 15 is 0 Å². The van der Waals surface area contributed by atoms with Crippen molar-refractivity contribution in [1.82, 2.24) is 5.32 Å². The Hall–Kier alpha value is -0.540. The summed E-state index contributed by atoms with van der Waals surface area (Å²) in [5.41, 5.74) is 0. The summed E-state index contributed by atoms with van der Waals surface area (Å²) in [4.78, 5) is 0. The van der Waals surface area contributed by atoms with Crippen molar-refractivity contribution in [2.45, 2.75) is 39.7 Å². The van der Waals surface area contributed by atoms with Crippen LogP contribution in [0.1, 0.15) is 33.6 Å². The van der Waals surface area contributed by atoms with E-state index in [9.17, 15) is 0 Å². The second-order valence-corrected chi connectivity index (χ2v) is 5.95. The highest BCUT2D eigenvalue weighted by Crippen LogP contribution is 2.25. The summed E-state index contributed by atoms with van der Waals surface area (Å²) in [5, 5.41) is 3.45. The van der Waals surface area contributed by atoms with Crippen molar-refractivity contribution in [3.8, 4) is 5.75 Å². The third-order valence-corrected chi connectivity index (χ3v) is 3.34. The van der Waals surface area contributed by atoms with E-state index in [0.29, 0.717) is 0 Å². The Morgan fingerprint density at radius 3 is 2.61 bits per heavy atom. The molecule has 1 aromatic carbocycles. The fourth-order valence-electron chi connectivity index (χ4n) is 1.72. The van der Waals surface area contributed by atoms with Gasteiger partial charge in [0.15, 0.2) is 0 Å². The van der Waals surface area contributed by atoms with E-state index in [1.54, 1.807) is 0 Å². The first-order valence-electron chi connectivity index (χ1n) is 6.71. The molecule has 0 radical (unpaired) electrons. The van der Waals surface area contributed by atoms with Crippen LogP contribution in [0.5, 0.6) is 5.75 Å². The first kappa shape index (κ1) is 15.5. The van der Waals surface area contributed by atoms with Crippen molar-refractivity contribution in [2.75, 3.05) is 13.1 Å². The van der Waals surface area contributed by atoms with Gasteiger partial charge in [-0.3, -0.25) is 0 Å². The lowest BCUT2D eigenvalue weighted by atomic mass is 10.2. The van der Waals surface area contributed by atoms with Gasteiger partial charge in [0, 0.05) is 0 Å². The van der Waals surface area contributed by atoms with Gasteiger partial charge >= 0.3 is 0 Å². The van der Waals surface area contributed by atoms with Gasteiger partial charge in [-0.05, 0) is 66.8 Å². The van der Waals surface area contributed by atoms with Gasteiger partial charge in [-0.25, -0.2) is 0 Å². The van der Waals surface area contributed by atoms with E-state index < -0.39 is 0 Å². The van der Waals surface area contributed by atoms with Crippen molar-refractivity contribution in [3.05, 3.63) is 28.7 Å². The van der Waals surface area contributed by atoms with Gasteiger partial charge in [0.2, 0.25) is 0 Å². The first-order valence-corrected chi connectivity index (χ1v) is 7.50. The van der Waals surface area contributed by atoms with Gasteiger partial charge < -0.3 is 10.1 Å².